The Morgan fingerprint density at radius 3 is 2.44 bits per heavy atom. The van der Waals surface area contributed by atoms with Crippen LogP contribution in [0, 0.1) is 17.8 Å². The lowest BCUT2D eigenvalue weighted by molar-refractivity contribution is 0.0104. The first-order chi connectivity index (χ1) is 12.2. The number of nitrogens with zero attached hydrogens (tertiary/aromatic N) is 1. The van der Waals surface area contributed by atoms with Crippen molar-refractivity contribution >= 4 is 27.5 Å². The fourth-order valence-electron chi connectivity index (χ4n) is 6.74. The second-order valence-corrected chi connectivity index (χ2v) is 10.2. The molecule has 0 aromatic carbocycles. The molecule has 5 aliphatic carbocycles. The van der Waals surface area contributed by atoms with Crippen LogP contribution in [0.5, 0.6) is 0 Å². The molecule has 4 fully saturated rings. The first-order valence-electron chi connectivity index (χ1n) is 10.0. The van der Waals surface area contributed by atoms with Gasteiger partial charge >= 0.3 is 0 Å². The van der Waals surface area contributed by atoms with Gasteiger partial charge in [-0.3, -0.25) is 9.78 Å². The zero-order chi connectivity index (χ0) is 16.6. The summed E-state index contributed by atoms with van der Waals surface area (Å²) in [5, 5.41) is 4.61. The van der Waals surface area contributed by atoms with Crippen LogP contribution in [-0.2, 0) is 12.8 Å². The summed E-state index contributed by atoms with van der Waals surface area (Å²) >= 11 is 1.75. The molecule has 0 radical (unpaired) electrons. The zero-order valence-electron chi connectivity index (χ0n) is 14.6. The second-order valence-electron chi connectivity index (χ2n) is 9.13. The van der Waals surface area contributed by atoms with Gasteiger partial charge in [0.15, 0.2) is 0 Å². The number of hydrogen-bond donors (Lipinski definition) is 2. The van der Waals surface area contributed by atoms with E-state index in [0.717, 1.165) is 46.8 Å². The topological polar surface area (TPSA) is 57.8 Å². The van der Waals surface area contributed by atoms with E-state index in [2.05, 4.69) is 10.3 Å². The number of fused-ring (bicyclic) bond motifs is 3. The molecule has 5 heteroatoms. The number of aromatic amines is 1. The summed E-state index contributed by atoms with van der Waals surface area (Å²) in [7, 11) is 0. The van der Waals surface area contributed by atoms with Crippen LogP contribution in [0.2, 0.25) is 0 Å². The monoisotopic (exact) mass is 355 g/mol. The van der Waals surface area contributed by atoms with Crippen molar-refractivity contribution in [2.45, 2.75) is 69.7 Å². The van der Waals surface area contributed by atoms with Crippen LogP contribution in [0.3, 0.4) is 0 Å². The lowest BCUT2D eigenvalue weighted by Crippen LogP contribution is -2.55. The highest BCUT2D eigenvalue weighted by molar-refractivity contribution is 7.18. The standard InChI is InChI=1S/C20H25N3OS/c24-17-16-14-3-1-2-4-15(14)25-18(16)22-19(21-17)23-20-8-11-5-12(9-20)7-13(6-11)10-20/h11-13H,1-10H2,(H2,21,22,23,24). The predicted molar refractivity (Wildman–Crippen MR) is 101 cm³/mol. The van der Waals surface area contributed by atoms with Crippen LogP contribution < -0.4 is 10.9 Å². The first kappa shape index (κ1) is 14.8. The average Bonchev–Trinajstić information content (AvgIpc) is 2.91. The molecule has 25 heavy (non-hydrogen) atoms. The summed E-state index contributed by atoms with van der Waals surface area (Å²) in [6.07, 6.45) is 12.7. The van der Waals surface area contributed by atoms with Crippen molar-refractivity contribution in [3.05, 3.63) is 20.8 Å². The molecule has 2 aromatic rings. The van der Waals surface area contributed by atoms with E-state index in [1.165, 1.54) is 61.8 Å². The van der Waals surface area contributed by atoms with Crippen LogP contribution in [-0.4, -0.2) is 15.5 Å². The lowest BCUT2D eigenvalue weighted by Gasteiger charge is -2.56. The normalized spacial score (nSPS) is 35.9. The van der Waals surface area contributed by atoms with Crippen molar-refractivity contribution in [2.24, 2.45) is 17.8 Å². The Hall–Kier alpha value is -1.36. The number of aromatic nitrogens is 2. The molecule has 2 N–H and O–H groups in total. The molecule has 0 atom stereocenters. The minimum absolute atomic E-state index is 0.0663. The number of rotatable bonds is 2. The Morgan fingerprint density at radius 1 is 1.04 bits per heavy atom. The van der Waals surface area contributed by atoms with E-state index < -0.39 is 0 Å². The van der Waals surface area contributed by atoms with E-state index in [0.29, 0.717) is 0 Å². The molecule has 0 aliphatic heterocycles. The molecule has 132 valence electrons. The van der Waals surface area contributed by atoms with E-state index in [9.17, 15) is 4.79 Å². The van der Waals surface area contributed by atoms with E-state index in [1.807, 2.05) is 0 Å². The van der Waals surface area contributed by atoms with Crippen LogP contribution in [0.4, 0.5) is 5.95 Å². The van der Waals surface area contributed by atoms with Crippen LogP contribution >= 0.6 is 11.3 Å². The maximum Gasteiger partial charge on any atom is 0.261 e. The summed E-state index contributed by atoms with van der Waals surface area (Å²) in [5.41, 5.74) is 1.54. The van der Waals surface area contributed by atoms with Gasteiger partial charge in [0.1, 0.15) is 4.83 Å². The quantitative estimate of drug-likeness (QED) is 0.847. The van der Waals surface area contributed by atoms with Gasteiger partial charge in [0.05, 0.1) is 5.39 Å². The van der Waals surface area contributed by atoms with Gasteiger partial charge in [-0.25, -0.2) is 4.98 Å². The Morgan fingerprint density at radius 2 is 1.72 bits per heavy atom. The number of aryl methyl sites for hydroxylation is 2. The molecule has 0 saturated heterocycles. The fraction of sp³-hybridized carbons (Fsp3) is 0.700. The van der Waals surface area contributed by atoms with E-state index in [4.69, 9.17) is 4.98 Å². The van der Waals surface area contributed by atoms with Crippen molar-refractivity contribution < 1.29 is 0 Å². The highest BCUT2D eigenvalue weighted by Crippen LogP contribution is 2.56. The number of H-pyrrole nitrogens is 1. The van der Waals surface area contributed by atoms with Crippen molar-refractivity contribution in [1.82, 2.24) is 9.97 Å². The molecule has 0 unspecified atom stereocenters. The number of hydrogen-bond acceptors (Lipinski definition) is 4. The lowest BCUT2D eigenvalue weighted by atomic mass is 9.53. The molecule has 4 bridgehead atoms. The summed E-state index contributed by atoms with van der Waals surface area (Å²) < 4.78 is 0. The Labute approximate surface area is 151 Å². The second kappa shape index (κ2) is 5.09. The number of anilines is 1. The van der Waals surface area contributed by atoms with E-state index >= 15 is 0 Å². The van der Waals surface area contributed by atoms with Crippen LogP contribution in [0.15, 0.2) is 4.79 Å². The van der Waals surface area contributed by atoms with Crippen molar-refractivity contribution in [1.29, 1.82) is 0 Å². The Balaban J connectivity index is 1.39. The van der Waals surface area contributed by atoms with Crippen LogP contribution in [0.1, 0.15) is 61.8 Å². The zero-order valence-corrected chi connectivity index (χ0v) is 15.4. The van der Waals surface area contributed by atoms with Gasteiger partial charge in [-0.1, -0.05) is 0 Å². The van der Waals surface area contributed by atoms with Gasteiger partial charge < -0.3 is 5.32 Å². The van der Waals surface area contributed by atoms with Gasteiger partial charge in [0.25, 0.3) is 5.56 Å². The van der Waals surface area contributed by atoms with Gasteiger partial charge in [-0.15, -0.1) is 11.3 Å². The molecule has 0 amide bonds. The molecule has 5 aliphatic rings. The van der Waals surface area contributed by atoms with Gasteiger partial charge in [0.2, 0.25) is 5.95 Å². The maximum atomic E-state index is 12.8. The SMILES string of the molecule is O=c1[nH]c(NC23CC4CC(CC(C4)C2)C3)nc2sc3c(c12)CCCC3. The molecule has 4 nitrogen and oxygen atoms in total. The molecule has 4 saturated carbocycles. The summed E-state index contributed by atoms with van der Waals surface area (Å²) in [6, 6.07) is 0. The van der Waals surface area contributed by atoms with E-state index in [-0.39, 0.29) is 11.1 Å². The molecular formula is C20H25N3OS. The summed E-state index contributed by atoms with van der Waals surface area (Å²) in [5.74, 6) is 3.40. The average molecular weight is 356 g/mol. The Bertz CT molecular complexity index is 876. The highest BCUT2D eigenvalue weighted by Gasteiger charge is 2.51. The minimum atomic E-state index is 0.0663. The number of nitrogens with one attached hydrogen (secondary N) is 2. The van der Waals surface area contributed by atoms with Crippen molar-refractivity contribution in [3.8, 4) is 0 Å². The predicted octanol–water partition coefficient (Wildman–Crippen LogP) is 4.24. The fourth-order valence-corrected chi connectivity index (χ4v) is 8.00. The third-order valence-electron chi connectivity index (χ3n) is 7.25. The molecule has 2 aromatic heterocycles. The largest absolute Gasteiger partial charge is 0.350 e. The minimum Gasteiger partial charge on any atom is -0.350 e. The first-order valence-corrected chi connectivity index (χ1v) is 10.8. The summed E-state index contributed by atoms with van der Waals surface area (Å²) in [6.45, 7) is 0. The van der Waals surface area contributed by atoms with E-state index in [1.54, 1.807) is 11.3 Å². The maximum absolute atomic E-state index is 12.8. The third-order valence-corrected chi connectivity index (χ3v) is 8.43. The molecule has 2 heterocycles. The molecule has 7 rings (SSSR count). The van der Waals surface area contributed by atoms with Crippen molar-refractivity contribution in [3.63, 3.8) is 0 Å². The Kier molecular flexibility index (Phi) is 3.01. The third kappa shape index (κ3) is 2.24. The summed E-state index contributed by atoms with van der Waals surface area (Å²) in [4.78, 5) is 23.1. The smallest absolute Gasteiger partial charge is 0.261 e. The van der Waals surface area contributed by atoms with Crippen molar-refractivity contribution in [2.75, 3.05) is 5.32 Å². The van der Waals surface area contributed by atoms with Crippen LogP contribution in [0.25, 0.3) is 10.2 Å². The molecule has 0 spiro atoms. The number of thiophene rings is 1. The van der Waals surface area contributed by atoms with Gasteiger partial charge in [-0.2, -0.15) is 0 Å². The van der Waals surface area contributed by atoms with Gasteiger partial charge in [0, 0.05) is 10.4 Å². The highest BCUT2D eigenvalue weighted by atomic mass is 32.1. The van der Waals surface area contributed by atoms with Gasteiger partial charge in [-0.05, 0) is 87.5 Å². The molecular weight excluding hydrogens is 330 g/mol.